The maximum atomic E-state index is 12.8. The summed E-state index contributed by atoms with van der Waals surface area (Å²) in [6.45, 7) is 6.10. The average Bonchev–Trinajstić information content (AvgIpc) is 3.32. The Kier molecular flexibility index (Phi) is 3.57. The molecular weight excluding hydrogens is 372 g/mol. The number of nitrogens with zero attached hydrogens (tertiary/aromatic N) is 3. The molecule has 1 aliphatic carbocycles. The van der Waals surface area contributed by atoms with Gasteiger partial charge in [0, 0.05) is 16.5 Å². The number of aryl methyl sites for hydroxylation is 1. The van der Waals surface area contributed by atoms with Crippen LogP contribution >= 0.6 is 0 Å². The van der Waals surface area contributed by atoms with E-state index < -0.39 is 29.6 Å². The van der Waals surface area contributed by atoms with Gasteiger partial charge in [0.05, 0.1) is 18.5 Å². The van der Waals surface area contributed by atoms with E-state index in [-0.39, 0.29) is 5.41 Å². The van der Waals surface area contributed by atoms with Crippen molar-refractivity contribution in [1.82, 2.24) is 10.2 Å². The van der Waals surface area contributed by atoms with E-state index in [1.54, 1.807) is 13.8 Å². The summed E-state index contributed by atoms with van der Waals surface area (Å²) in [4.78, 5) is 47.2. The van der Waals surface area contributed by atoms with Crippen LogP contribution in [0.1, 0.15) is 49.8 Å². The topological polar surface area (TPSA) is 100 Å². The molecule has 0 aromatic heterocycles. The lowest BCUT2D eigenvalue weighted by Gasteiger charge is -2.24. The van der Waals surface area contributed by atoms with Gasteiger partial charge in [-0.25, -0.2) is 14.7 Å². The molecule has 2 fully saturated rings. The second-order valence-corrected chi connectivity index (χ2v) is 8.48. The third-order valence-corrected chi connectivity index (χ3v) is 6.54. The number of imide groups is 1. The number of fused-ring (bicyclic) bond motifs is 2. The number of rotatable bonds is 3. The number of nitrogens with one attached hydrogen (secondary N) is 1. The van der Waals surface area contributed by atoms with E-state index in [0.29, 0.717) is 18.7 Å². The first kappa shape index (κ1) is 18.0. The van der Waals surface area contributed by atoms with Gasteiger partial charge in [-0.15, -0.1) is 0 Å². The lowest BCUT2D eigenvalue weighted by atomic mass is 9.89. The van der Waals surface area contributed by atoms with Gasteiger partial charge >= 0.3 is 6.03 Å². The fourth-order valence-corrected chi connectivity index (χ4v) is 4.33. The fraction of sp³-hybridized carbons (Fsp3) is 0.476. The van der Waals surface area contributed by atoms with Crippen molar-refractivity contribution < 1.29 is 19.1 Å². The Morgan fingerprint density at radius 2 is 2.03 bits per heavy atom. The van der Waals surface area contributed by atoms with Gasteiger partial charge < -0.3 is 10.1 Å². The Labute approximate surface area is 168 Å². The van der Waals surface area contributed by atoms with Crippen LogP contribution in [0.5, 0.6) is 5.75 Å². The Hall–Kier alpha value is -3.03. The molecule has 4 amide bonds. The van der Waals surface area contributed by atoms with Crippen LogP contribution in [0.3, 0.4) is 0 Å². The molecule has 5 rings (SSSR count). The molecule has 4 aliphatic rings. The van der Waals surface area contributed by atoms with Crippen LogP contribution in [0.15, 0.2) is 22.1 Å². The van der Waals surface area contributed by atoms with E-state index in [2.05, 4.69) is 15.3 Å². The number of ether oxygens (including phenoxy) is 1. The predicted molar refractivity (Wildman–Crippen MR) is 105 cm³/mol. The predicted octanol–water partition coefficient (Wildman–Crippen LogP) is 1.87. The molecule has 29 heavy (non-hydrogen) atoms. The first-order chi connectivity index (χ1) is 13.8. The van der Waals surface area contributed by atoms with Crippen molar-refractivity contribution in [3.8, 4) is 5.75 Å². The Bertz CT molecular complexity index is 1040. The van der Waals surface area contributed by atoms with E-state index in [4.69, 9.17) is 4.74 Å². The zero-order chi connectivity index (χ0) is 20.6. The second-order valence-electron chi connectivity index (χ2n) is 8.48. The number of urea groups is 1. The van der Waals surface area contributed by atoms with Crippen LogP contribution in [-0.2, 0) is 15.0 Å². The zero-order valence-electron chi connectivity index (χ0n) is 16.6. The number of amides is 4. The summed E-state index contributed by atoms with van der Waals surface area (Å²) in [5.41, 5.74) is 2.44. The highest BCUT2D eigenvalue weighted by atomic mass is 16.5. The quantitative estimate of drug-likeness (QED) is 0.791. The number of hydrogen-bond donors (Lipinski definition) is 1. The van der Waals surface area contributed by atoms with E-state index in [9.17, 15) is 14.4 Å². The van der Waals surface area contributed by atoms with Crippen molar-refractivity contribution in [1.29, 1.82) is 0 Å². The molecule has 0 radical (unpaired) electrons. The molecule has 2 atom stereocenters. The molecule has 1 unspecified atom stereocenters. The first-order valence-electron chi connectivity index (χ1n) is 9.88. The van der Waals surface area contributed by atoms with Gasteiger partial charge in [-0.1, -0.05) is 19.1 Å². The number of carbonyl (C=O) groups is 3. The minimum Gasteiger partial charge on any atom is -0.492 e. The van der Waals surface area contributed by atoms with Crippen LogP contribution < -0.4 is 10.1 Å². The van der Waals surface area contributed by atoms with Gasteiger partial charge in [0.25, 0.3) is 11.8 Å². The molecule has 3 aliphatic heterocycles. The normalized spacial score (nSPS) is 29.1. The minimum atomic E-state index is -1.26. The lowest BCUT2D eigenvalue weighted by Crippen LogP contribution is -2.47. The summed E-state index contributed by atoms with van der Waals surface area (Å²) < 4.78 is 5.94. The standard InChI is InChI=1S/C21H22N4O4/c1-4-20(3)18(27)25(19(28)24-20)16-17(26)23-13(9-22-16)12-6-5-11(2)15-14(12)21(7-8-21)10-29-15/h5-6,9,16H,4,7-8,10H2,1-3H3,(H,24,28)/t16?,20-/m1/s1. The fourth-order valence-electron chi connectivity index (χ4n) is 4.33. The third kappa shape index (κ3) is 2.41. The highest BCUT2D eigenvalue weighted by Crippen LogP contribution is 2.57. The molecule has 0 bridgehead atoms. The van der Waals surface area contributed by atoms with Gasteiger partial charge in [0.1, 0.15) is 11.3 Å². The van der Waals surface area contributed by atoms with Crippen molar-refractivity contribution in [2.75, 3.05) is 6.61 Å². The number of benzene rings is 1. The molecule has 1 saturated heterocycles. The molecular formula is C21H22N4O4. The summed E-state index contributed by atoms with van der Waals surface area (Å²) in [7, 11) is 0. The average molecular weight is 394 g/mol. The SMILES string of the molecule is CC[C@@]1(C)NC(=O)N(C2N=CC(c3ccc(C)c4c3C3(CC3)CO4)=NC2=O)C1=O. The van der Waals surface area contributed by atoms with Crippen LogP contribution in [0.2, 0.25) is 0 Å². The van der Waals surface area contributed by atoms with Crippen LogP contribution in [0.25, 0.3) is 0 Å². The molecule has 150 valence electrons. The maximum absolute atomic E-state index is 12.8. The maximum Gasteiger partial charge on any atom is 0.327 e. The highest BCUT2D eigenvalue weighted by Gasteiger charge is 2.54. The van der Waals surface area contributed by atoms with Crippen molar-refractivity contribution in [2.45, 2.75) is 57.2 Å². The smallest absolute Gasteiger partial charge is 0.327 e. The number of hydrogen-bond acceptors (Lipinski definition) is 5. The Morgan fingerprint density at radius 3 is 2.66 bits per heavy atom. The monoisotopic (exact) mass is 394 g/mol. The largest absolute Gasteiger partial charge is 0.492 e. The van der Waals surface area contributed by atoms with Crippen LogP contribution in [0.4, 0.5) is 4.79 Å². The van der Waals surface area contributed by atoms with E-state index in [1.807, 2.05) is 19.1 Å². The summed E-state index contributed by atoms with van der Waals surface area (Å²) in [5, 5.41) is 2.65. The van der Waals surface area contributed by atoms with Crippen LogP contribution in [-0.4, -0.2) is 53.0 Å². The lowest BCUT2D eigenvalue weighted by molar-refractivity contribution is -0.136. The summed E-state index contributed by atoms with van der Waals surface area (Å²) >= 11 is 0. The summed E-state index contributed by atoms with van der Waals surface area (Å²) in [5.74, 6) is -0.205. The van der Waals surface area contributed by atoms with Crippen molar-refractivity contribution in [3.63, 3.8) is 0 Å². The van der Waals surface area contributed by atoms with Crippen molar-refractivity contribution in [2.24, 2.45) is 9.98 Å². The minimum absolute atomic E-state index is 0.0146. The van der Waals surface area contributed by atoms with Gasteiger partial charge in [-0.05, 0) is 38.7 Å². The molecule has 1 saturated carbocycles. The summed E-state index contributed by atoms with van der Waals surface area (Å²) in [6.07, 6.45) is 2.76. The number of aliphatic imine (C=N–C) groups is 2. The second kappa shape index (κ2) is 5.75. The molecule has 1 spiro atoms. The molecule has 8 heteroatoms. The zero-order valence-corrected chi connectivity index (χ0v) is 16.6. The van der Waals surface area contributed by atoms with Gasteiger partial charge in [-0.2, -0.15) is 0 Å². The van der Waals surface area contributed by atoms with Gasteiger partial charge in [0.2, 0.25) is 6.17 Å². The van der Waals surface area contributed by atoms with Gasteiger partial charge in [-0.3, -0.25) is 14.6 Å². The molecule has 1 N–H and O–H groups in total. The van der Waals surface area contributed by atoms with E-state index >= 15 is 0 Å². The molecule has 8 nitrogen and oxygen atoms in total. The van der Waals surface area contributed by atoms with Gasteiger partial charge in [0.15, 0.2) is 0 Å². The van der Waals surface area contributed by atoms with Crippen LogP contribution in [0, 0.1) is 6.92 Å². The highest BCUT2D eigenvalue weighted by molar-refractivity contribution is 6.42. The van der Waals surface area contributed by atoms with E-state index in [0.717, 1.165) is 40.2 Å². The van der Waals surface area contributed by atoms with Crippen molar-refractivity contribution >= 4 is 29.8 Å². The molecule has 3 heterocycles. The number of carbonyl (C=O) groups excluding carboxylic acids is 3. The molecule has 1 aromatic carbocycles. The summed E-state index contributed by atoms with van der Waals surface area (Å²) in [6, 6.07) is 3.28. The third-order valence-electron chi connectivity index (χ3n) is 6.54. The Morgan fingerprint density at radius 1 is 1.28 bits per heavy atom. The molecule has 1 aromatic rings. The van der Waals surface area contributed by atoms with Crippen molar-refractivity contribution in [3.05, 3.63) is 28.8 Å². The first-order valence-corrected chi connectivity index (χ1v) is 9.88. The Balaban J connectivity index is 1.49. The van der Waals surface area contributed by atoms with E-state index in [1.165, 1.54) is 6.21 Å².